The van der Waals surface area contributed by atoms with Gasteiger partial charge in [0.05, 0.1) is 16.2 Å². The number of rotatable bonds is 2. The highest BCUT2D eigenvalue weighted by Crippen LogP contribution is 2.42. The fourth-order valence-corrected chi connectivity index (χ4v) is 5.68. The van der Waals surface area contributed by atoms with Crippen LogP contribution in [0.15, 0.2) is 17.0 Å². The summed E-state index contributed by atoms with van der Waals surface area (Å²) in [6, 6.07) is 4.03. The highest BCUT2D eigenvalue weighted by Gasteiger charge is 2.43. The molecule has 0 bridgehead atoms. The number of benzene rings is 1. The first-order valence-electron chi connectivity index (χ1n) is 6.66. The minimum atomic E-state index is -3.14. The van der Waals surface area contributed by atoms with Crippen LogP contribution in [0.3, 0.4) is 0 Å². The van der Waals surface area contributed by atoms with Crippen molar-refractivity contribution in [2.45, 2.75) is 48.8 Å². The quantitative estimate of drug-likeness (QED) is 0.889. The monoisotopic (exact) mass is 265 g/mol. The van der Waals surface area contributed by atoms with Crippen molar-refractivity contribution in [3.05, 3.63) is 28.8 Å². The van der Waals surface area contributed by atoms with Gasteiger partial charge in [-0.3, -0.25) is 0 Å². The zero-order chi connectivity index (χ0) is 12.9. The third-order valence-electron chi connectivity index (χ3n) is 4.35. The summed E-state index contributed by atoms with van der Waals surface area (Å²) in [5, 5.41) is 2.88. The Hall–Kier alpha value is -0.870. The van der Waals surface area contributed by atoms with E-state index in [9.17, 15) is 8.42 Å². The normalized spacial score (nSPS) is 28.1. The Kier molecular flexibility index (Phi) is 2.75. The van der Waals surface area contributed by atoms with E-state index in [2.05, 4.69) is 11.4 Å². The van der Waals surface area contributed by atoms with Crippen LogP contribution in [0.5, 0.6) is 0 Å². The second-order valence-electron chi connectivity index (χ2n) is 5.27. The Morgan fingerprint density at radius 3 is 2.56 bits per heavy atom. The summed E-state index contributed by atoms with van der Waals surface area (Å²) in [7, 11) is -1.29. The summed E-state index contributed by atoms with van der Waals surface area (Å²) < 4.78 is 25.1. The van der Waals surface area contributed by atoms with Gasteiger partial charge in [-0.15, -0.1) is 0 Å². The summed E-state index contributed by atoms with van der Waals surface area (Å²) in [6.07, 6.45) is 3.93. The average Bonchev–Trinajstić information content (AvgIpc) is 2.87. The first-order chi connectivity index (χ1) is 8.59. The van der Waals surface area contributed by atoms with Crippen LogP contribution >= 0.6 is 0 Å². The van der Waals surface area contributed by atoms with Gasteiger partial charge in [-0.2, -0.15) is 0 Å². The molecule has 18 heavy (non-hydrogen) atoms. The Morgan fingerprint density at radius 2 is 1.94 bits per heavy atom. The van der Waals surface area contributed by atoms with Crippen molar-refractivity contribution in [2.24, 2.45) is 0 Å². The lowest BCUT2D eigenvalue weighted by Gasteiger charge is -2.16. The van der Waals surface area contributed by atoms with Crippen molar-refractivity contribution in [2.75, 3.05) is 7.05 Å². The third kappa shape index (κ3) is 1.48. The molecule has 0 amide bonds. The molecule has 2 atom stereocenters. The zero-order valence-corrected chi connectivity index (χ0v) is 11.7. The van der Waals surface area contributed by atoms with Crippen molar-refractivity contribution >= 4 is 9.84 Å². The average molecular weight is 265 g/mol. The van der Waals surface area contributed by atoms with Crippen LogP contribution in [-0.4, -0.2) is 20.7 Å². The standard InChI is InChI=1S/C14H19NO2S/c1-3-12-14(15-2)11-7-9-5-4-6-10(9)8-13(11)18(12,16)17/h7-8,12,14-15H,3-6H2,1-2H3. The molecule has 1 aromatic carbocycles. The molecule has 1 aliphatic heterocycles. The molecule has 0 radical (unpaired) electrons. The van der Waals surface area contributed by atoms with Gasteiger partial charge in [0, 0.05) is 0 Å². The van der Waals surface area contributed by atoms with Gasteiger partial charge in [0.2, 0.25) is 0 Å². The summed E-state index contributed by atoms with van der Waals surface area (Å²) in [5.41, 5.74) is 3.58. The molecule has 0 saturated carbocycles. The number of hydrogen-bond acceptors (Lipinski definition) is 3. The Morgan fingerprint density at radius 1 is 1.28 bits per heavy atom. The van der Waals surface area contributed by atoms with E-state index < -0.39 is 9.84 Å². The SMILES string of the molecule is CCC1C(NC)c2cc3c(cc2S1(=O)=O)CCC3. The second kappa shape index (κ2) is 4.07. The van der Waals surface area contributed by atoms with E-state index in [0.29, 0.717) is 11.3 Å². The maximum absolute atomic E-state index is 12.5. The van der Waals surface area contributed by atoms with Crippen molar-refractivity contribution < 1.29 is 8.42 Å². The summed E-state index contributed by atoms with van der Waals surface area (Å²) >= 11 is 0. The highest BCUT2D eigenvalue weighted by molar-refractivity contribution is 7.92. The van der Waals surface area contributed by atoms with E-state index in [0.717, 1.165) is 24.8 Å². The molecule has 98 valence electrons. The van der Waals surface area contributed by atoms with Crippen molar-refractivity contribution in [3.8, 4) is 0 Å². The number of sulfone groups is 1. The molecule has 1 heterocycles. The van der Waals surface area contributed by atoms with Crippen LogP contribution in [-0.2, 0) is 22.7 Å². The van der Waals surface area contributed by atoms with Crippen LogP contribution in [0.1, 0.15) is 42.5 Å². The fraction of sp³-hybridized carbons (Fsp3) is 0.571. The molecule has 1 aliphatic carbocycles. The molecule has 2 aliphatic rings. The van der Waals surface area contributed by atoms with Gasteiger partial charge in [-0.05, 0) is 55.5 Å². The predicted molar refractivity (Wildman–Crippen MR) is 71.5 cm³/mol. The zero-order valence-electron chi connectivity index (χ0n) is 10.9. The summed E-state index contributed by atoms with van der Waals surface area (Å²) in [5.74, 6) is 0. The largest absolute Gasteiger partial charge is 0.312 e. The van der Waals surface area contributed by atoms with Crippen LogP contribution in [0.25, 0.3) is 0 Å². The molecule has 0 aromatic heterocycles. The highest BCUT2D eigenvalue weighted by atomic mass is 32.2. The third-order valence-corrected chi connectivity index (χ3v) is 6.72. The smallest absolute Gasteiger partial charge is 0.183 e. The maximum atomic E-state index is 12.5. The topological polar surface area (TPSA) is 46.2 Å². The number of hydrogen-bond donors (Lipinski definition) is 1. The molecule has 1 N–H and O–H groups in total. The van der Waals surface area contributed by atoms with Crippen molar-refractivity contribution in [1.29, 1.82) is 0 Å². The minimum Gasteiger partial charge on any atom is -0.312 e. The molecule has 0 saturated heterocycles. The van der Waals surface area contributed by atoms with Gasteiger partial charge in [-0.1, -0.05) is 13.0 Å². The van der Waals surface area contributed by atoms with E-state index in [4.69, 9.17) is 0 Å². The van der Waals surface area contributed by atoms with Gasteiger partial charge in [0.1, 0.15) is 0 Å². The van der Waals surface area contributed by atoms with Crippen LogP contribution in [0.4, 0.5) is 0 Å². The number of aryl methyl sites for hydroxylation is 2. The summed E-state index contributed by atoms with van der Waals surface area (Å²) in [4.78, 5) is 0.578. The van der Waals surface area contributed by atoms with Gasteiger partial charge < -0.3 is 5.32 Å². The molecule has 3 nitrogen and oxygen atoms in total. The first kappa shape index (κ1) is 12.2. The molecule has 1 aromatic rings. The van der Waals surface area contributed by atoms with Gasteiger partial charge in [0.15, 0.2) is 9.84 Å². The van der Waals surface area contributed by atoms with E-state index >= 15 is 0 Å². The molecule has 3 rings (SSSR count). The number of fused-ring (bicyclic) bond motifs is 2. The van der Waals surface area contributed by atoms with Crippen molar-refractivity contribution in [3.63, 3.8) is 0 Å². The Labute approximate surface area is 109 Å². The van der Waals surface area contributed by atoms with E-state index in [1.54, 1.807) is 0 Å². The van der Waals surface area contributed by atoms with Crippen LogP contribution in [0.2, 0.25) is 0 Å². The molecular formula is C14H19NO2S. The van der Waals surface area contributed by atoms with Crippen LogP contribution in [0, 0.1) is 0 Å². The Bertz CT molecular complexity index is 592. The molecular weight excluding hydrogens is 246 g/mol. The van der Waals surface area contributed by atoms with Gasteiger partial charge in [0.25, 0.3) is 0 Å². The number of nitrogens with one attached hydrogen (secondary N) is 1. The lowest BCUT2D eigenvalue weighted by atomic mass is 9.98. The molecule has 2 unspecified atom stereocenters. The summed E-state index contributed by atoms with van der Waals surface area (Å²) in [6.45, 7) is 1.95. The predicted octanol–water partition coefficient (Wildman–Crippen LogP) is 2.00. The van der Waals surface area contributed by atoms with E-state index in [1.807, 2.05) is 20.0 Å². The maximum Gasteiger partial charge on any atom is 0.183 e. The molecule has 0 spiro atoms. The van der Waals surface area contributed by atoms with Gasteiger partial charge in [-0.25, -0.2) is 8.42 Å². The second-order valence-corrected chi connectivity index (χ2v) is 7.41. The van der Waals surface area contributed by atoms with E-state index in [1.165, 1.54) is 11.1 Å². The van der Waals surface area contributed by atoms with Crippen LogP contribution < -0.4 is 5.32 Å². The first-order valence-corrected chi connectivity index (χ1v) is 8.21. The van der Waals surface area contributed by atoms with E-state index in [-0.39, 0.29) is 11.3 Å². The molecule has 4 heteroatoms. The van der Waals surface area contributed by atoms with Gasteiger partial charge >= 0.3 is 0 Å². The lowest BCUT2D eigenvalue weighted by Crippen LogP contribution is -2.28. The Balaban J connectivity index is 2.23. The van der Waals surface area contributed by atoms with Crippen molar-refractivity contribution in [1.82, 2.24) is 5.32 Å². The minimum absolute atomic E-state index is 0.0408. The fourth-order valence-electron chi connectivity index (χ4n) is 3.45. The molecule has 0 fully saturated rings. The lowest BCUT2D eigenvalue weighted by molar-refractivity contribution is 0.528.